The summed E-state index contributed by atoms with van der Waals surface area (Å²) in [4.78, 5) is 0. The fourth-order valence-corrected chi connectivity index (χ4v) is 0. The van der Waals surface area contributed by atoms with Crippen LogP contribution >= 0.6 is 0 Å². The SMILES string of the molecule is [O]=[Mn].[O]=[Zr]. The van der Waals surface area contributed by atoms with Crippen molar-refractivity contribution in [1.29, 1.82) is 0 Å². The van der Waals surface area contributed by atoms with Crippen molar-refractivity contribution in [2.24, 2.45) is 0 Å². The van der Waals surface area contributed by atoms with Crippen LogP contribution < -0.4 is 0 Å². The zero-order valence-corrected chi connectivity index (χ0v) is 5.33. The summed E-state index contributed by atoms with van der Waals surface area (Å²) >= 11 is 1.99. The van der Waals surface area contributed by atoms with Crippen molar-refractivity contribution in [2.45, 2.75) is 0 Å². The molecule has 0 amide bonds. The van der Waals surface area contributed by atoms with E-state index in [2.05, 4.69) is 0 Å². The fourth-order valence-electron chi connectivity index (χ4n) is 0. The molecule has 0 unspecified atom stereocenters. The molecular formula is MnO2Zr. The average Bonchev–Trinajstić information content (AvgIpc) is 1.50. The van der Waals surface area contributed by atoms with Crippen LogP contribution in [0.4, 0.5) is 0 Å². The van der Waals surface area contributed by atoms with Gasteiger partial charge in [0.15, 0.2) is 0 Å². The van der Waals surface area contributed by atoms with Gasteiger partial charge in [0.05, 0.1) is 0 Å². The van der Waals surface area contributed by atoms with Crippen molar-refractivity contribution in [1.82, 2.24) is 0 Å². The topological polar surface area (TPSA) is 34.1 Å². The van der Waals surface area contributed by atoms with Crippen LogP contribution in [0.2, 0.25) is 0 Å². The summed E-state index contributed by atoms with van der Waals surface area (Å²) in [7, 11) is 0. The Morgan fingerprint density at radius 2 is 1.25 bits per heavy atom. The summed E-state index contributed by atoms with van der Waals surface area (Å²) in [6.45, 7) is 0. The Hall–Kier alpha value is 1.00. The summed E-state index contributed by atoms with van der Waals surface area (Å²) in [6, 6.07) is 0. The van der Waals surface area contributed by atoms with E-state index in [0.717, 1.165) is 0 Å². The quantitative estimate of drug-likeness (QED) is 0.480. The molecule has 23 valence electrons. The molecule has 2 nitrogen and oxygen atoms in total. The maximum atomic E-state index is 8.34. The summed E-state index contributed by atoms with van der Waals surface area (Å²) in [5.41, 5.74) is 0. The summed E-state index contributed by atoms with van der Waals surface area (Å²) in [5.74, 6) is 0. The Bertz CT molecular complexity index is 8.00. The van der Waals surface area contributed by atoms with Gasteiger partial charge in [0.25, 0.3) is 0 Å². The van der Waals surface area contributed by atoms with Gasteiger partial charge in [-0.05, 0) is 0 Å². The predicted molar refractivity (Wildman–Crippen MR) is 1.37 cm³/mol. The maximum absolute atomic E-state index is 8.34. The standard InChI is InChI=1S/Mn.2O.Zr. The van der Waals surface area contributed by atoms with Gasteiger partial charge in [-0.1, -0.05) is 0 Å². The van der Waals surface area contributed by atoms with Crippen LogP contribution in [0.1, 0.15) is 0 Å². The molecule has 0 N–H and O–H groups in total. The third-order valence-corrected chi connectivity index (χ3v) is 0. The third-order valence-electron chi connectivity index (χ3n) is 0. The monoisotopic (exact) mass is 177 g/mol. The van der Waals surface area contributed by atoms with Gasteiger partial charge in [0, 0.05) is 0 Å². The molecular weight excluding hydrogens is 178 g/mol. The molecule has 0 heterocycles. The molecule has 0 aliphatic carbocycles. The third kappa shape index (κ3) is 12.0. The average molecular weight is 178 g/mol. The van der Waals surface area contributed by atoms with Gasteiger partial charge in [-0.2, -0.15) is 0 Å². The van der Waals surface area contributed by atoms with Crippen LogP contribution in [-0.4, -0.2) is 0 Å². The molecule has 0 aliphatic rings. The van der Waals surface area contributed by atoms with Gasteiger partial charge in [0.2, 0.25) is 0 Å². The van der Waals surface area contributed by atoms with Crippen molar-refractivity contribution >= 4 is 0 Å². The number of rotatable bonds is 0. The van der Waals surface area contributed by atoms with Crippen molar-refractivity contribution in [3.05, 3.63) is 0 Å². The Morgan fingerprint density at radius 3 is 1.25 bits per heavy atom. The van der Waals surface area contributed by atoms with Gasteiger partial charge >= 0.3 is 47.3 Å². The van der Waals surface area contributed by atoms with E-state index in [1.807, 2.05) is 0 Å². The summed E-state index contributed by atoms with van der Waals surface area (Å²) in [6.07, 6.45) is 0. The molecule has 0 aromatic heterocycles. The van der Waals surface area contributed by atoms with E-state index in [-0.39, 0.29) is 0 Å². The number of hydrogen-bond acceptors (Lipinski definition) is 2. The van der Waals surface area contributed by atoms with E-state index < -0.39 is 0 Å². The first-order valence-corrected chi connectivity index (χ1v) is 1.84. The molecule has 0 fully saturated rings. The molecule has 0 bridgehead atoms. The van der Waals surface area contributed by atoms with Crippen molar-refractivity contribution in [3.63, 3.8) is 0 Å². The van der Waals surface area contributed by atoms with Gasteiger partial charge in [-0.25, -0.2) is 0 Å². The molecule has 0 saturated heterocycles. The number of hydrogen-bond donors (Lipinski definition) is 0. The van der Waals surface area contributed by atoms with Crippen LogP contribution in [0.3, 0.4) is 0 Å². The first kappa shape index (κ1) is 8.89. The van der Waals surface area contributed by atoms with Crippen LogP contribution in [0.5, 0.6) is 0 Å². The molecule has 4 heteroatoms. The molecule has 0 aromatic rings. The predicted octanol–water partition coefficient (Wildman–Crippen LogP) is -0.243. The van der Waals surface area contributed by atoms with Crippen LogP contribution in [-0.2, 0) is 47.3 Å². The molecule has 0 aliphatic heterocycles. The second-order valence-corrected chi connectivity index (χ2v) is 0. The molecule has 0 saturated carbocycles. The molecule has 4 heavy (non-hydrogen) atoms. The van der Waals surface area contributed by atoms with Crippen molar-refractivity contribution in [3.8, 4) is 0 Å². The van der Waals surface area contributed by atoms with E-state index >= 15 is 0 Å². The van der Waals surface area contributed by atoms with Crippen LogP contribution in [0.25, 0.3) is 0 Å². The fraction of sp³-hybridized carbons (Fsp3) is 0. The Labute approximate surface area is 47.3 Å². The Kier molecular flexibility index (Phi) is 79.8. The van der Waals surface area contributed by atoms with Gasteiger partial charge in [0.1, 0.15) is 0 Å². The van der Waals surface area contributed by atoms with E-state index in [1.54, 1.807) is 15.9 Å². The van der Waals surface area contributed by atoms with Gasteiger partial charge < -0.3 is 0 Å². The summed E-state index contributed by atoms with van der Waals surface area (Å²) < 4.78 is 16.4. The second-order valence-electron chi connectivity index (χ2n) is 0. The van der Waals surface area contributed by atoms with E-state index in [0.29, 0.717) is 24.7 Å². The Morgan fingerprint density at radius 1 is 1.25 bits per heavy atom. The first-order valence-electron chi connectivity index (χ1n) is 0.358. The van der Waals surface area contributed by atoms with Crippen molar-refractivity contribution < 1.29 is 47.3 Å². The molecule has 0 aromatic carbocycles. The zero-order chi connectivity index (χ0) is 4.00. The Balaban J connectivity index is 0. The van der Waals surface area contributed by atoms with Crippen molar-refractivity contribution in [2.75, 3.05) is 0 Å². The minimum atomic E-state index is 0.300. The van der Waals surface area contributed by atoms with E-state index in [1.165, 1.54) is 0 Å². The first-order chi connectivity index (χ1) is 2.00. The van der Waals surface area contributed by atoms with Crippen LogP contribution in [0, 0.1) is 0 Å². The molecule has 0 spiro atoms. The summed E-state index contributed by atoms with van der Waals surface area (Å²) in [5, 5.41) is 0. The van der Waals surface area contributed by atoms with Crippen LogP contribution in [0.15, 0.2) is 0 Å². The molecule has 0 rings (SSSR count). The minimum absolute atomic E-state index is 0.300. The normalized spacial score (nSPS) is 1.75. The zero-order valence-electron chi connectivity index (χ0n) is 1.69. The van der Waals surface area contributed by atoms with E-state index in [4.69, 9.17) is 6.65 Å². The van der Waals surface area contributed by atoms with Gasteiger partial charge in [-0.15, -0.1) is 0 Å². The molecule has 0 atom stereocenters. The second kappa shape index (κ2) is 35.9. The van der Waals surface area contributed by atoms with Gasteiger partial charge in [-0.3, -0.25) is 0 Å². The molecule has 0 radical (unpaired) electrons. The van der Waals surface area contributed by atoms with E-state index in [9.17, 15) is 0 Å².